The maximum Gasteiger partial charge on any atom is 0.408 e. The zero-order valence-corrected chi connectivity index (χ0v) is 17.5. The second kappa shape index (κ2) is 9.73. The van der Waals surface area contributed by atoms with E-state index in [0.717, 1.165) is 12.0 Å². The van der Waals surface area contributed by atoms with Crippen molar-refractivity contribution in [1.82, 2.24) is 16.0 Å². The number of alkyl carbamates (subject to hydrolysis) is 1. The first kappa shape index (κ1) is 22.7. The molecule has 0 radical (unpaired) electrons. The Bertz CT molecular complexity index is 717. The van der Waals surface area contributed by atoms with Crippen molar-refractivity contribution in [2.24, 2.45) is 0 Å². The summed E-state index contributed by atoms with van der Waals surface area (Å²) in [5.74, 6) is -0.734. The van der Waals surface area contributed by atoms with E-state index in [9.17, 15) is 14.4 Å². The van der Waals surface area contributed by atoms with Gasteiger partial charge in [0.15, 0.2) is 0 Å². The van der Waals surface area contributed by atoms with Crippen molar-refractivity contribution in [3.63, 3.8) is 0 Å². The minimum Gasteiger partial charge on any atom is -0.444 e. The Kier molecular flexibility index (Phi) is 7.61. The van der Waals surface area contributed by atoms with Crippen LogP contribution in [-0.4, -0.2) is 48.2 Å². The van der Waals surface area contributed by atoms with Crippen molar-refractivity contribution in [3.05, 3.63) is 35.9 Å². The molecule has 8 nitrogen and oxygen atoms in total. The maximum atomic E-state index is 12.9. The molecule has 0 aromatic heterocycles. The van der Waals surface area contributed by atoms with Crippen LogP contribution in [0.1, 0.15) is 46.1 Å². The van der Waals surface area contributed by atoms with Gasteiger partial charge in [-0.2, -0.15) is 0 Å². The molecule has 1 aromatic rings. The number of carbonyl (C=O) groups is 3. The van der Waals surface area contributed by atoms with E-state index < -0.39 is 29.2 Å². The molecule has 1 saturated heterocycles. The van der Waals surface area contributed by atoms with Crippen LogP contribution < -0.4 is 16.0 Å². The van der Waals surface area contributed by atoms with Crippen LogP contribution in [0.25, 0.3) is 0 Å². The molecule has 1 fully saturated rings. The average molecular weight is 405 g/mol. The van der Waals surface area contributed by atoms with Gasteiger partial charge in [0.2, 0.25) is 11.8 Å². The molecule has 1 aliphatic heterocycles. The van der Waals surface area contributed by atoms with Crippen molar-refractivity contribution in [3.8, 4) is 0 Å². The highest BCUT2D eigenvalue weighted by Gasteiger charge is 2.38. The Hall–Kier alpha value is -2.61. The summed E-state index contributed by atoms with van der Waals surface area (Å²) < 4.78 is 10.9. The number of ether oxygens (including phenoxy) is 2. The monoisotopic (exact) mass is 405 g/mol. The Balaban J connectivity index is 2.02. The van der Waals surface area contributed by atoms with Gasteiger partial charge >= 0.3 is 6.09 Å². The summed E-state index contributed by atoms with van der Waals surface area (Å²) in [6.07, 6.45) is 0.561. The number of carbonyl (C=O) groups excluding carboxylic acids is 3. The normalized spacial score (nSPS) is 20.3. The Labute approximate surface area is 171 Å². The molecule has 29 heavy (non-hydrogen) atoms. The fraction of sp³-hybridized carbons (Fsp3) is 0.571. The fourth-order valence-electron chi connectivity index (χ4n) is 2.93. The highest BCUT2D eigenvalue weighted by Crippen LogP contribution is 2.17. The first-order chi connectivity index (χ1) is 13.6. The van der Waals surface area contributed by atoms with Gasteiger partial charge in [0.25, 0.3) is 0 Å². The third-order valence-electron chi connectivity index (χ3n) is 4.44. The van der Waals surface area contributed by atoms with Gasteiger partial charge in [0.1, 0.15) is 17.2 Å². The van der Waals surface area contributed by atoms with Crippen LogP contribution in [0.2, 0.25) is 0 Å². The minimum absolute atomic E-state index is 0.0579. The van der Waals surface area contributed by atoms with Crippen molar-refractivity contribution in [2.45, 2.75) is 64.3 Å². The fourth-order valence-corrected chi connectivity index (χ4v) is 2.93. The van der Waals surface area contributed by atoms with Crippen LogP contribution in [0.5, 0.6) is 0 Å². The van der Waals surface area contributed by atoms with Gasteiger partial charge in [0.05, 0.1) is 13.2 Å². The molecule has 0 spiro atoms. The molecule has 2 atom stereocenters. The summed E-state index contributed by atoms with van der Waals surface area (Å²) in [6.45, 7) is 7.71. The standard InChI is InChI=1S/C21H31N3O5/c1-20(2,3)29-19(27)23-16(14-28-13-15-9-6-5-7-10-15)17(25)24-21(4)11-8-12-22-18(21)26/h5-7,9-10,16H,8,11-14H2,1-4H3,(H,22,26)(H,23,27)(H,24,25)/t16-,21+/m0/s1. The van der Waals surface area contributed by atoms with Crippen LogP contribution in [-0.2, 0) is 25.7 Å². The van der Waals surface area contributed by atoms with Gasteiger partial charge in [0, 0.05) is 6.54 Å². The lowest BCUT2D eigenvalue weighted by molar-refractivity contribution is -0.136. The van der Waals surface area contributed by atoms with Gasteiger partial charge in [-0.25, -0.2) is 4.79 Å². The summed E-state index contributed by atoms with van der Waals surface area (Å²) in [5, 5.41) is 8.07. The largest absolute Gasteiger partial charge is 0.444 e. The third-order valence-corrected chi connectivity index (χ3v) is 4.44. The highest BCUT2D eigenvalue weighted by molar-refractivity contribution is 5.94. The molecule has 3 amide bonds. The van der Waals surface area contributed by atoms with E-state index in [-0.39, 0.29) is 12.5 Å². The molecule has 0 saturated carbocycles. The second-order valence-corrected chi connectivity index (χ2v) is 8.38. The van der Waals surface area contributed by atoms with E-state index in [2.05, 4.69) is 16.0 Å². The molecule has 8 heteroatoms. The van der Waals surface area contributed by atoms with Gasteiger partial charge in [-0.3, -0.25) is 9.59 Å². The number of piperidine rings is 1. The van der Waals surface area contributed by atoms with Gasteiger partial charge in [-0.1, -0.05) is 30.3 Å². The molecule has 0 unspecified atom stereocenters. The van der Waals surface area contributed by atoms with Gasteiger partial charge < -0.3 is 25.4 Å². The highest BCUT2D eigenvalue weighted by atomic mass is 16.6. The number of hydrogen-bond donors (Lipinski definition) is 3. The Morgan fingerprint density at radius 3 is 2.55 bits per heavy atom. The van der Waals surface area contributed by atoms with E-state index >= 15 is 0 Å². The first-order valence-electron chi connectivity index (χ1n) is 9.80. The lowest BCUT2D eigenvalue weighted by atomic mass is 9.91. The first-order valence-corrected chi connectivity index (χ1v) is 9.80. The molecule has 1 heterocycles. The molecular weight excluding hydrogens is 374 g/mol. The van der Waals surface area contributed by atoms with Crippen molar-refractivity contribution in [1.29, 1.82) is 0 Å². The summed E-state index contributed by atoms with van der Waals surface area (Å²) in [5.41, 5.74) is -0.782. The molecule has 0 bridgehead atoms. The van der Waals surface area contributed by atoms with Gasteiger partial charge in [-0.05, 0) is 46.1 Å². The van der Waals surface area contributed by atoms with E-state index in [1.807, 2.05) is 30.3 Å². The average Bonchev–Trinajstić information content (AvgIpc) is 2.63. The maximum absolute atomic E-state index is 12.9. The number of amides is 3. The van der Waals surface area contributed by atoms with E-state index in [1.54, 1.807) is 27.7 Å². The molecule has 160 valence electrons. The quantitative estimate of drug-likeness (QED) is 0.642. The molecule has 2 rings (SSSR count). The topological polar surface area (TPSA) is 106 Å². The summed E-state index contributed by atoms with van der Waals surface area (Å²) in [7, 11) is 0. The minimum atomic E-state index is -1.03. The van der Waals surface area contributed by atoms with Gasteiger partial charge in [-0.15, -0.1) is 0 Å². The van der Waals surface area contributed by atoms with E-state index in [0.29, 0.717) is 19.6 Å². The number of benzene rings is 1. The number of nitrogens with one attached hydrogen (secondary N) is 3. The van der Waals surface area contributed by atoms with Crippen LogP contribution in [0, 0.1) is 0 Å². The molecule has 3 N–H and O–H groups in total. The predicted molar refractivity (Wildman–Crippen MR) is 108 cm³/mol. The van der Waals surface area contributed by atoms with Crippen molar-refractivity contribution >= 4 is 17.9 Å². The number of rotatable bonds is 7. The van der Waals surface area contributed by atoms with Crippen molar-refractivity contribution in [2.75, 3.05) is 13.2 Å². The van der Waals surface area contributed by atoms with Crippen LogP contribution in [0.15, 0.2) is 30.3 Å². The zero-order valence-electron chi connectivity index (χ0n) is 17.5. The molecule has 1 aromatic carbocycles. The van der Waals surface area contributed by atoms with Crippen LogP contribution in [0.4, 0.5) is 4.79 Å². The third kappa shape index (κ3) is 7.38. The lowest BCUT2D eigenvalue weighted by Crippen LogP contribution is -2.63. The summed E-state index contributed by atoms with van der Waals surface area (Å²) in [6, 6.07) is 8.50. The summed E-state index contributed by atoms with van der Waals surface area (Å²) >= 11 is 0. The predicted octanol–water partition coefficient (Wildman–Crippen LogP) is 1.88. The smallest absolute Gasteiger partial charge is 0.408 e. The molecule has 0 aliphatic carbocycles. The van der Waals surface area contributed by atoms with E-state index in [1.165, 1.54) is 0 Å². The molecule has 1 aliphatic rings. The van der Waals surface area contributed by atoms with Crippen LogP contribution >= 0.6 is 0 Å². The lowest BCUT2D eigenvalue weighted by Gasteiger charge is -2.34. The zero-order chi connectivity index (χ0) is 21.5. The van der Waals surface area contributed by atoms with Crippen LogP contribution in [0.3, 0.4) is 0 Å². The second-order valence-electron chi connectivity index (χ2n) is 8.38. The van der Waals surface area contributed by atoms with E-state index in [4.69, 9.17) is 9.47 Å². The Morgan fingerprint density at radius 2 is 1.93 bits per heavy atom. The summed E-state index contributed by atoms with van der Waals surface area (Å²) in [4.78, 5) is 37.3. The van der Waals surface area contributed by atoms with Crippen molar-refractivity contribution < 1.29 is 23.9 Å². The SMILES string of the molecule is CC(C)(C)OC(=O)N[C@@H](COCc1ccccc1)C(=O)N[C@]1(C)CCCNC1=O. The number of hydrogen-bond acceptors (Lipinski definition) is 5. The Morgan fingerprint density at radius 1 is 1.24 bits per heavy atom. The molecular formula is C21H31N3O5.